The lowest BCUT2D eigenvalue weighted by Gasteiger charge is -2.43. The number of rotatable bonds is 18. The summed E-state index contributed by atoms with van der Waals surface area (Å²) in [4.78, 5) is 13.5. The van der Waals surface area contributed by atoms with E-state index in [1.54, 1.807) is 17.0 Å². The second-order valence-corrected chi connectivity index (χ2v) is 19.0. The molecule has 3 fully saturated rings. The molecule has 48 heavy (non-hydrogen) atoms. The van der Waals surface area contributed by atoms with Crippen molar-refractivity contribution in [3.8, 4) is 5.06 Å². The third-order valence-electron chi connectivity index (χ3n) is 12.6. The zero-order valence-electron chi connectivity index (χ0n) is 29.9. The maximum Gasteiger partial charge on any atom is 0.306 e. The van der Waals surface area contributed by atoms with Gasteiger partial charge in [0.2, 0.25) is 0 Å². The number of carbonyl (C=O) groups excluding carboxylic acids is 1. The van der Waals surface area contributed by atoms with Crippen LogP contribution in [0, 0.1) is 35.0 Å². The maximum atomic E-state index is 11.8. The van der Waals surface area contributed by atoms with Gasteiger partial charge in [0.05, 0.1) is 20.7 Å². The van der Waals surface area contributed by atoms with E-state index >= 15 is 0 Å². The number of esters is 1. The number of fused-ring (bicyclic) bond motifs is 6. The zero-order chi connectivity index (χ0) is 33.7. The molecule has 6 rings (SSSR count). The number of ether oxygens (including phenoxy) is 2. The molecule has 0 aliphatic heterocycles. The Hall–Kier alpha value is -1.63. The van der Waals surface area contributed by atoms with E-state index in [0.29, 0.717) is 11.8 Å². The summed E-state index contributed by atoms with van der Waals surface area (Å²) < 4.78 is 17.4. The molecule has 3 aliphatic rings. The van der Waals surface area contributed by atoms with E-state index < -0.39 is 0 Å². The fraction of sp³-hybridized carbons (Fsp3) is 0.690. The van der Waals surface area contributed by atoms with Crippen LogP contribution in [0.2, 0.25) is 0 Å². The predicted molar refractivity (Wildman–Crippen MR) is 209 cm³/mol. The van der Waals surface area contributed by atoms with Crippen molar-refractivity contribution in [1.82, 2.24) is 0 Å². The number of hydrogen-bond acceptors (Lipinski definition) is 6. The molecule has 0 aromatic carbocycles. The van der Waals surface area contributed by atoms with Crippen LogP contribution in [-0.2, 0) is 9.53 Å². The fourth-order valence-corrected chi connectivity index (χ4v) is 14.2. The highest BCUT2D eigenvalue weighted by Crippen LogP contribution is 2.67. The summed E-state index contributed by atoms with van der Waals surface area (Å²) in [6.45, 7) is 15.8. The summed E-state index contributed by atoms with van der Waals surface area (Å²) in [7, 11) is 0. The van der Waals surface area contributed by atoms with Crippen molar-refractivity contribution in [1.29, 1.82) is 0 Å². The third-order valence-corrected chi connectivity index (χ3v) is 16.4. The highest BCUT2D eigenvalue weighted by molar-refractivity contribution is 7.39. The van der Waals surface area contributed by atoms with Gasteiger partial charge >= 0.3 is 5.97 Å². The minimum atomic E-state index is -0.370. The van der Waals surface area contributed by atoms with E-state index in [9.17, 15) is 4.79 Å². The highest BCUT2D eigenvalue weighted by atomic mass is 32.1. The molecule has 3 nitrogen and oxygen atoms in total. The number of hydrogen-bond donors (Lipinski definition) is 0. The van der Waals surface area contributed by atoms with Crippen LogP contribution in [0.15, 0.2) is 37.4 Å². The molecular formula is C42H60O3S3. The molecule has 6 heteroatoms. The first-order valence-electron chi connectivity index (χ1n) is 19.4. The van der Waals surface area contributed by atoms with Crippen LogP contribution in [-0.4, -0.2) is 18.7 Å². The van der Waals surface area contributed by atoms with Crippen molar-refractivity contribution in [3.63, 3.8) is 0 Å². The molecule has 0 radical (unpaired) electrons. The topological polar surface area (TPSA) is 35.5 Å². The summed E-state index contributed by atoms with van der Waals surface area (Å²) >= 11 is 5.97. The molecule has 3 aliphatic carbocycles. The van der Waals surface area contributed by atoms with E-state index in [2.05, 4.69) is 57.4 Å². The van der Waals surface area contributed by atoms with Crippen molar-refractivity contribution in [2.24, 2.45) is 35.0 Å². The lowest BCUT2D eigenvalue weighted by atomic mass is 9.62. The molecule has 3 aromatic rings. The normalized spacial score (nSPS) is 28.5. The highest BCUT2D eigenvalue weighted by Gasteiger charge is 2.58. The van der Waals surface area contributed by atoms with Gasteiger partial charge in [0.15, 0.2) is 5.06 Å². The van der Waals surface area contributed by atoms with Crippen molar-refractivity contribution in [3.05, 3.63) is 42.3 Å². The van der Waals surface area contributed by atoms with Crippen LogP contribution < -0.4 is 4.74 Å². The Morgan fingerprint density at radius 2 is 1.52 bits per heavy atom. The average Bonchev–Trinajstić information content (AvgIpc) is 3.81. The van der Waals surface area contributed by atoms with Gasteiger partial charge in [-0.05, 0) is 111 Å². The Balaban J connectivity index is 0.931. The van der Waals surface area contributed by atoms with Crippen molar-refractivity contribution in [2.45, 2.75) is 142 Å². The van der Waals surface area contributed by atoms with Gasteiger partial charge in [0.25, 0.3) is 0 Å². The first-order valence-corrected chi connectivity index (χ1v) is 21.8. The van der Waals surface area contributed by atoms with Crippen LogP contribution in [0.3, 0.4) is 0 Å². The monoisotopic (exact) mass is 708 g/mol. The van der Waals surface area contributed by atoms with Crippen molar-refractivity contribution >= 4 is 58.8 Å². The Labute approximate surface area is 302 Å². The Morgan fingerprint density at radius 1 is 0.875 bits per heavy atom. The summed E-state index contributed by atoms with van der Waals surface area (Å²) in [6.07, 6.45) is 24.1. The molecule has 7 unspecified atom stereocenters. The predicted octanol–water partition coefficient (Wildman–Crippen LogP) is 13.7. The number of unbranched alkanes of at least 4 members (excludes halogenated alkanes) is 7. The molecule has 3 saturated carbocycles. The molecule has 3 aromatic heterocycles. The summed E-state index contributed by atoms with van der Waals surface area (Å²) in [5, 5.41) is 1.10. The molecule has 0 N–H and O–H groups in total. The van der Waals surface area contributed by atoms with E-state index in [0.717, 1.165) is 66.4 Å². The van der Waals surface area contributed by atoms with E-state index in [4.69, 9.17) is 9.47 Å². The van der Waals surface area contributed by atoms with Gasteiger partial charge < -0.3 is 9.47 Å². The Morgan fingerprint density at radius 3 is 2.25 bits per heavy atom. The first-order chi connectivity index (χ1) is 23.3. The average molecular weight is 709 g/mol. The second-order valence-electron chi connectivity index (χ2n) is 15.8. The Kier molecular flexibility index (Phi) is 12.5. The summed E-state index contributed by atoms with van der Waals surface area (Å²) in [6, 6.07) is 4.88. The fourth-order valence-electron chi connectivity index (χ4n) is 10.2. The lowest BCUT2D eigenvalue weighted by molar-refractivity contribution is -0.145. The smallest absolute Gasteiger partial charge is 0.306 e. The van der Waals surface area contributed by atoms with Crippen LogP contribution >= 0.6 is 34.0 Å². The van der Waals surface area contributed by atoms with Crippen LogP contribution in [0.25, 0.3) is 18.8 Å². The SMILES string of the molecule is C=CC(C=C)OC(=O)CCCCCCCCCCOc1cc2sc3cc(C4CCC5C6CCC(C)CC6C(C)(CCC)C5C4)sc3c2s1. The molecule has 7 atom stereocenters. The summed E-state index contributed by atoms with van der Waals surface area (Å²) in [5.41, 5.74) is 0.555. The van der Waals surface area contributed by atoms with Gasteiger partial charge in [-0.3, -0.25) is 4.79 Å². The molecule has 0 spiro atoms. The second kappa shape index (κ2) is 16.6. The quantitative estimate of drug-likeness (QED) is 0.0750. The summed E-state index contributed by atoms with van der Waals surface area (Å²) in [5.74, 6) is 5.42. The van der Waals surface area contributed by atoms with Crippen molar-refractivity contribution < 1.29 is 14.3 Å². The Bertz CT molecular complexity index is 1500. The molecule has 264 valence electrons. The van der Waals surface area contributed by atoms with Gasteiger partial charge in [-0.2, -0.15) is 0 Å². The molecule has 0 saturated heterocycles. The van der Waals surface area contributed by atoms with Crippen molar-refractivity contribution in [2.75, 3.05) is 6.61 Å². The van der Waals surface area contributed by atoms with Crippen LogP contribution in [0.1, 0.15) is 141 Å². The largest absolute Gasteiger partial charge is 0.484 e. The molecule has 3 heterocycles. The van der Waals surface area contributed by atoms with Gasteiger partial charge in [0, 0.05) is 22.1 Å². The number of carbonyl (C=O) groups is 1. The molecule has 0 bridgehead atoms. The zero-order valence-corrected chi connectivity index (χ0v) is 32.4. The third kappa shape index (κ3) is 7.96. The van der Waals surface area contributed by atoms with Gasteiger partial charge in [-0.25, -0.2) is 0 Å². The standard InChI is InChI=1S/C42H60O3S3/c1-6-22-42(5)33-24-28(4)18-20-31(33)32-21-19-29(25-34(32)42)35-26-36-40(47-35)41-37(46-36)27-39(48-41)44-23-16-14-12-10-9-11-13-15-17-38(43)45-30(7-2)8-3/h7-8,26-34H,2-3,6,9-25H2,1,4-5H3. The van der Waals surface area contributed by atoms with Gasteiger partial charge in [-0.1, -0.05) is 96.6 Å². The van der Waals surface area contributed by atoms with Gasteiger partial charge in [0.1, 0.15) is 6.10 Å². The van der Waals surface area contributed by atoms with E-state index in [1.165, 1.54) is 102 Å². The number of thiophene rings is 3. The maximum absolute atomic E-state index is 11.8. The van der Waals surface area contributed by atoms with E-state index in [1.807, 2.05) is 22.7 Å². The van der Waals surface area contributed by atoms with Crippen LogP contribution in [0.5, 0.6) is 5.06 Å². The lowest BCUT2D eigenvalue weighted by Crippen LogP contribution is -2.34. The molecule has 0 amide bonds. The van der Waals surface area contributed by atoms with E-state index in [-0.39, 0.29) is 12.1 Å². The van der Waals surface area contributed by atoms with Gasteiger partial charge in [-0.15, -0.1) is 22.7 Å². The minimum Gasteiger partial charge on any atom is -0.484 e. The first kappa shape index (κ1) is 36.2. The molecular weight excluding hydrogens is 649 g/mol. The minimum absolute atomic E-state index is 0.155. The van der Waals surface area contributed by atoms with Crippen LogP contribution in [0.4, 0.5) is 0 Å².